The van der Waals surface area contributed by atoms with Gasteiger partial charge in [0.05, 0.1) is 18.5 Å². The summed E-state index contributed by atoms with van der Waals surface area (Å²) in [5.41, 5.74) is 3.53. The van der Waals surface area contributed by atoms with Gasteiger partial charge in [0.15, 0.2) is 0 Å². The summed E-state index contributed by atoms with van der Waals surface area (Å²) in [5.74, 6) is 0. The number of rotatable bonds is 2. The van der Waals surface area contributed by atoms with Crippen LogP contribution in [0.25, 0.3) is 11.1 Å². The van der Waals surface area contributed by atoms with E-state index in [1.807, 2.05) is 32.3 Å². The zero-order valence-electron chi connectivity index (χ0n) is 8.81. The summed E-state index contributed by atoms with van der Waals surface area (Å²) in [4.78, 5) is 4.29. The van der Waals surface area contributed by atoms with Gasteiger partial charge in [-0.3, -0.25) is 9.67 Å². The van der Waals surface area contributed by atoms with Crippen LogP contribution >= 0.6 is 0 Å². The van der Waals surface area contributed by atoms with Gasteiger partial charge in [0.1, 0.15) is 0 Å². The Hall–Kier alpha value is -1.68. The number of pyridine rings is 1. The summed E-state index contributed by atoms with van der Waals surface area (Å²) in [5, 5.41) is 13.3. The van der Waals surface area contributed by atoms with Crippen molar-refractivity contribution < 1.29 is 5.11 Å². The first-order chi connectivity index (χ1) is 7.20. The van der Waals surface area contributed by atoms with Crippen LogP contribution in [-0.4, -0.2) is 19.9 Å². The molecule has 0 aliphatic heterocycles. The minimum Gasteiger partial charge on any atom is -0.390 e. The molecule has 2 rings (SSSR count). The molecule has 0 aliphatic rings. The van der Waals surface area contributed by atoms with E-state index in [0.29, 0.717) is 5.69 Å². The van der Waals surface area contributed by atoms with E-state index in [0.717, 1.165) is 16.8 Å². The monoisotopic (exact) mass is 203 g/mol. The lowest BCUT2D eigenvalue weighted by Gasteiger charge is -2.04. The Bertz CT molecular complexity index is 476. The second-order valence-corrected chi connectivity index (χ2v) is 3.51. The summed E-state index contributed by atoms with van der Waals surface area (Å²) < 4.78 is 1.73. The molecule has 0 amide bonds. The van der Waals surface area contributed by atoms with E-state index in [2.05, 4.69) is 10.1 Å². The zero-order valence-corrected chi connectivity index (χ0v) is 8.81. The molecule has 0 aromatic carbocycles. The smallest absolute Gasteiger partial charge is 0.0859 e. The zero-order chi connectivity index (χ0) is 10.8. The van der Waals surface area contributed by atoms with Crippen LogP contribution in [0.2, 0.25) is 0 Å². The molecule has 15 heavy (non-hydrogen) atoms. The van der Waals surface area contributed by atoms with Gasteiger partial charge in [-0.1, -0.05) is 6.07 Å². The molecular formula is C11H13N3O. The predicted molar refractivity (Wildman–Crippen MR) is 57.1 cm³/mol. The molecule has 0 saturated heterocycles. The van der Waals surface area contributed by atoms with Crippen LogP contribution in [0.1, 0.15) is 11.4 Å². The second-order valence-electron chi connectivity index (χ2n) is 3.51. The van der Waals surface area contributed by atoms with Crippen molar-refractivity contribution in [3.63, 3.8) is 0 Å². The van der Waals surface area contributed by atoms with Crippen LogP contribution in [-0.2, 0) is 13.7 Å². The fourth-order valence-electron chi connectivity index (χ4n) is 1.55. The van der Waals surface area contributed by atoms with Crippen LogP contribution < -0.4 is 0 Å². The van der Waals surface area contributed by atoms with Gasteiger partial charge in [-0.15, -0.1) is 0 Å². The summed E-state index contributed by atoms with van der Waals surface area (Å²) in [7, 11) is 1.86. The summed E-state index contributed by atoms with van der Waals surface area (Å²) >= 11 is 0. The maximum absolute atomic E-state index is 9.22. The van der Waals surface area contributed by atoms with Crippen LogP contribution in [0.5, 0.6) is 0 Å². The van der Waals surface area contributed by atoms with Crippen LogP contribution in [0.3, 0.4) is 0 Å². The van der Waals surface area contributed by atoms with Crippen molar-refractivity contribution in [1.29, 1.82) is 0 Å². The molecule has 0 unspecified atom stereocenters. The van der Waals surface area contributed by atoms with E-state index in [-0.39, 0.29) is 6.61 Å². The van der Waals surface area contributed by atoms with Gasteiger partial charge in [-0.05, 0) is 13.0 Å². The summed E-state index contributed by atoms with van der Waals surface area (Å²) in [6.07, 6.45) is 3.68. The lowest BCUT2D eigenvalue weighted by atomic mass is 10.1. The SMILES string of the molecule is Cc1ccc(-c2cnn(C)c2)c(CO)n1. The van der Waals surface area contributed by atoms with Gasteiger partial charge in [0, 0.05) is 30.1 Å². The van der Waals surface area contributed by atoms with E-state index in [4.69, 9.17) is 0 Å². The molecule has 0 aliphatic carbocycles. The highest BCUT2D eigenvalue weighted by Crippen LogP contribution is 2.21. The molecule has 0 spiro atoms. The Kier molecular flexibility index (Phi) is 2.51. The third-order valence-corrected chi connectivity index (χ3v) is 2.28. The van der Waals surface area contributed by atoms with Crippen LogP contribution in [0, 0.1) is 6.92 Å². The highest BCUT2D eigenvalue weighted by molar-refractivity contribution is 5.64. The number of aryl methyl sites for hydroxylation is 2. The van der Waals surface area contributed by atoms with Crippen molar-refractivity contribution in [2.45, 2.75) is 13.5 Å². The number of hydrogen-bond acceptors (Lipinski definition) is 3. The molecule has 2 aromatic heterocycles. The van der Waals surface area contributed by atoms with Crippen LogP contribution in [0.15, 0.2) is 24.5 Å². The Balaban J connectivity index is 2.52. The Morgan fingerprint density at radius 1 is 1.40 bits per heavy atom. The lowest BCUT2D eigenvalue weighted by molar-refractivity contribution is 0.277. The van der Waals surface area contributed by atoms with Gasteiger partial charge in [-0.2, -0.15) is 5.10 Å². The minimum atomic E-state index is -0.0497. The van der Waals surface area contributed by atoms with Crippen molar-refractivity contribution in [2.75, 3.05) is 0 Å². The van der Waals surface area contributed by atoms with Crippen molar-refractivity contribution in [3.05, 3.63) is 35.9 Å². The van der Waals surface area contributed by atoms with Gasteiger partial charge >= 0.3 is 0 Å². The van der Waals surface area contributed by atoms with Crippen molar-refractivity contribution in [1.82, 2.24) is 14.8 Å². The molecule has 4 nitrogen and oxygen atoms in total. The maximum atomic E-state index is 9.22. The molecule has 78 valence electrons. The molecule has 2 heterocycles. The molecular weight excluding hydrogens is 190 g/mol. The average Bonchev–Trinajstić information content (AvgIpc) is 2.64. The van der Waals surface area contributed by atoms with E-state index >= 15 is 0 Å². The standard InChI is InChI=1S/C11H13N3O/c1-8-3-4-10(11(7-15)13-8)9-5-12-14(2)6-9/h3-6,15H,7H2,1-2H3. The third kappa shape index (κ3) is 1.89. The maximum Gasteiger partial charge on any atom is 0.0859 e. The second kappa shape index (κ2) is 3.82. The molecule has 4 heteroatoms. The van der Waals surface area contributed by atoms with Gasteiger partial charge in [0.2, 0.25) is 0 Å². The lowest BCUT2D eigenvalue weighted by Crippen LogP contribution is -1.95. The minimum absolute atomic E-state index is 0.0497. The van der Waals surface area contributed by atoms with E-state index in [1.54, 1.807) is 10.9 Å². The molecule has 1 N–H and O–H groups in total. The van der Waals surface area contributed by atoms with E-state index < -0.39 is 0 Å². The summed E-state index contributed by atoms with van der Waals surface area (Å²) in [6, 6.07) is 3.90. The molecule has 0 saturated carbocycles. The number of aromatic nitrogens is 3. The van der Waals surface area contributed by atoms with Gasteiger partial charge in [0.25, 0.3) is 0 Å². The largest absolute Gasteiger partial charge is 0.390 e. The fourth-order valence-corrected chi connectivity index (χ4v) is 1.55. The molecule has 0 fully saturated rings. The summed E-state index contributed by atoms with van der Waals surface area (Å²) in [6.45, 7) is 1.86. The fraction of sp³-hybridized carbons (Fsp3) is 0.273. The van der Waals surface area contributed by atoms with E-state index in [9.17, 15) is 5.11 Å². The number of hydrogen-bond donors (Lipinski definition) is 1. The first kappa shape index (κ1) is 9.86. The Morgan fingerprint density at radius 3 is 2.80 bits per heavy atom. The third-order valence-electron chi connectivity index (χ3n) is 2.28. The predicted octanol–water partition coefficient (Wildman–Crippen LogP) is 1.28. The number of nitrogens with zero attached hydrogens (tertiary/aromatic N) is 3. The van der Waals surface area contributed by atoms with Crippen molar-refractivity contribution in [2.24, 2.45) is 7.05 Å². The van der Waals surface area contributed by atoms with Gasteiger partial charge < -0.3 is 5.11 Å². The highest BCUT2D eigenvalue weighted by atomic mass is 16.3. The molecule has 0 atom stereocenters. The Morgan fingerprint density at radius 2 is 2.20 bits per heavy atom. The number of aliphatic hydroxyl groups is 1. The first-order valence-corrected chi connectivity index (χ1v) is 4.77. The highest BCUT2D eigenvalue weighted by Gasteiger charge is 2.07. The first-order valence-electron chi connectivity index (χ1n) is 4.77. The topological polar surface area (TPSA) is 50.9 Å². The van der Waals surface area contributed by atoms with E-state index in [1.165, 1.54) is 0 Å². The molecule has 0 bridgehead atoms. The number of aliphatic hydroxyl groups excluding tert-OH is 1. The average molecular weight is 203 g/mol. The Labute approximate surface area is 88.2 Å². The molecule has 2 aromatic rings. The quantitative estimate of drug-likeness (QED) is 0.800. The van der Waals surface area contributed by atoms with Crippen LogP contribution in [0.4, 0.5) is 0 Å². The van der Waals surface area contributed by atoms with Crippen molar-refractivity contribution >= 4 is 0 Å². The van der Waals surface area contributed by atoms with Gasteiger partial charge in [-0.25, -0.2) is 0 Å². The van der Waals surface area contributed by atoms with Crippen molar-refractivity contribution in [3.8, 4) is 11.1 Å². The molecule has 0 radical (unpaired) electrons. The normalized spacial score (nSPS) is 10.6.